The summed E-state index contributed by atoms with van der Waals surface area (Å²) in [6.45, 7) is 1.92. The molecule has 0 unspecified atom stereocenters. The van der Waals surface area contributed by atoms with E-state index < -0.39 is 0 Å². The second kappa shape index (κ2) is 9.70. The van der Waals surface area contributed by atoms with Crippen molar-refractivity contribution in [2.75, 3.05) is 19.5 Å². The number of H-pyrrole nitrogens is 1. The number of hydrogen-bond acceptors (Lipinski definition) is 8. The monoisotopic (exact) mass is 512 g/mol. The molecule has 0 spiro atoms. The molecule has 6 rings (SSSR count). The Morgan fingerprint density at radius 3 is 2.76 bits per heavy atom. The number of carbonyl (C=O) groups is 1. The van der Waals surface area contributed by atoms with Gasteiger partial charge in [-0.25, -0.2) is 0 Å². The van der Waals surface area contributed by atoms with Crippen LogP contribution in [-0.4, -0.2) is 46.3 Å². The van der Waals surface area contributed by atoms with E-state index in [2.05, 4.69) is 20.8 Å². The van der Waals surface area contributed by atoms with E-state index in [0.717, 1.165) is 58.9 Å². The first-order chi connectivity index (χ1) is 18.5. The standard InChI is InChI=1S/C28H28N6O4/c1-15-19-10-8-16(12-22(19)38-34-15)20-14-30-25-24(20)27(37-18-6-4-5-7-18)33-28(32-25)31-21-11-9-17(26(35)29-2)13-23(21)36-3/h8-14,18H,4-7H2,1-3H3,(H,29,35)(H2,30,31,32,33). The maximum absolute atomic E-state index is 12.1. The Labute approximate surface area is 218 Å². The molecule has 1 aliphatic carbocycles. The molecular weight excluding hydrogens is 484 g/mol. The van der Waals surface area contributed by atoms with Crippen LogP contribution in [0.4, 0.5) is 11.6 Å². The predicted octanol–water partition coefficient (Wildman–Crippen LogP) is 5.51. The molecule has 1 fully saturated rings. The van der Waals surface area contributed by atoms with E-state index in [1.807, 2.05) is 31.3 Å². The summed E-state index contributed by atoms with van der Waals surface area (Å²) < 4.78 is 17.5. The largest absolute Gasteiger partial charge is 0.495 e. The van der Waals surface area contributed by atoms with Crippen LogP contribution in [0.2, 0.25) is 0 Å². The van der Waals surface area contributed by atoms with Crippen molar-refractivity contribution in [1.82, 2.24) is 25.4 Å². The van der Waals surface area contributed by atoms with Crippen molar-refractivity contribution in [1.29, 1.82) is 0 Å². The van der Waals surface area contributed by atoms with Crippen LogP contribution >= 0.6 is 0 Å². The van der Waals surface area contributed by atoms with E-state index in [1.165, 1.54) is 0 Å². The van der Waals surface area contributed by atoms with Gasteiger partial charge in [0.05, 0.1) is 23.9 Å². The molecule has 5 aromatic rings. The van der Waals surface area contributed by atoms with Gasteiger partial charge in [0.25, 0.3) is 5.91 Å². The number of amides is 1. The number of aryl methyl sites for hydroxylation is 1. The van der Waals surface area contributed by atoms with Gasteiger partial charge in [0.2, 0.25) is 11.8 Å². The molecule has 38 heavy (non-hydrogen) atoms. The Bertz CT molecular complexity index is 1650. The highest BCUT2D eigenvalue weighted by molar-refractivity contribution is 6.00. The highest BCUT2D eigenvalue weighted by atomic mass is 16.5. The molecule has 2 aromatic carbocycles. The quantitative estimate of drug-likeness (QED) is 0.261. The number of ether oxygens (including phenoxy) is 2. The lowest BCUT2D eigenvalue weighted by Crippen LogP contribution is -2.17. The lowest BCUT2D eigenvalue weighted by atomic mass is 10.0. The molecular formula is C28H28N6O4. The third-order valence-electron chi connectivity index (χ3n) is 6.98. The average molecular weight is 513 g/mol. The van der Waals surface area contributed by atoms with Gasteiger partial charge in [-0.05, 0) is 68.5 Å². The fraction of sp³-hybridized carbons (Fsp3) is 0.286. The number of aromatic amines is 1. The van der Waals surface area contributed by atoms with Crippen molar-refractivity contribution < 1.29 is 18.8 Å². The Morgan fingerprint density at radius 2 is 1.97 bits per heavy atom. The van der Waals surface area contributed by atoms with Crippen LogP contribution in [0, 0.1) is 6.92 Å². The van der Waals surface area contributed by atoms with E-state index in [9.17, 15) is 4.79 Å². The third-order valence-corrected chi connectivity index (χ3v) is 6.98. The summed E-state index contributed by atoms with van der Waals surface area (Å²) in [6, 6.07) is 11.2. The summed E-state index contributed by atoms with van der Waals surface area (Å²) in [6.07, 6.45) is 6.27. The van der Waals surface area contributed by atoms with E-state index in [-0.39, 0.29) is 12.0 Å². The fourth-order valence-electron chi connectivity index (χ4n) is 4.96. The SMILES string of the molecule is CNC(=O)c1ccc(Nc2nc(OC3CCCC3)c3c(-c4ccc5c(C)noc5c4)c[nH]c3n2)c(OC)c1. The van der Waals surface area contributed by atoms with Crippen LogP contribution in [0.5, 0.6) is 11.6 Å². The molecule has 3 N–H and O–H groups in total. The van der Waals surface area contributed by atoms with E-state index in [0.29, 0.717) is 34.5 Å². The van der Waals surface area contributed by atoms with Crippen LogP contribution < -0.4 is 20.1 Å². The molecule has 0 bridgehead atoms. The van der Waals surface area contributed by atoms with Gasteiger partial charge in [-0.2, -0.15) is 9.97 Å². The molecule has 194 valence electrons. The van der Waals surface area contributed by atoms with Gasteiger partial charge in [0.15, 0.2) is 5.58 Å². The summed E-state index contributed by atoms with van der Waals surface area (Å²) in [7, 11) is 3.14. The minimum atomic E-state index is -0.197. The van der Waals surface area contributed by atoms with E-state index in [1.54, 1.807) is 32.4 Å². The Morgan fingerprint density at radius 1 is 1.13 bits per heavy atom. The summed E-state index contributed by atoms with van der Waals surface area (Å²) in [5.74, 6) is 1.16. The molecule has 1 amide bonds. The topological polar surface area (TPSA) is 127 Å². The van der Waals surface area contributed by atoms with Gasteiger partial charge < -0.3 is 29.6 Å². The summed E-state index contributed by atoms with van der Waals surface area (Å²) >= 11 is 0. The lowest BCUT2D eigenvalue weighted by molar-refractivity contribution is 0.0962. The van der Waals surface area contributed by atoms with E-state index in [4.69, 9.17) is 24.0 Å². The van der Waals surface area contributed by atoms with Crippen LogP contribution in [0.15, 0.2) is 47.1 Å². The third kappa shape index (κ3) is 4.27. The van der Waals surface area contributed by atoms with Crippen LogP contribution in [0.1, 0.15) is 41.7 Å². The average Bonchev–Trinajstić information content (AvgIpc) is 3.69. The Kier molecular flexibility index (Phi) is 6.07. The highest BCUT2D eigenvalue weighted by Gasteiger charge is 2.23. The van der Waals surface area contributed by atoms with Gasteiger partial charge in [-0.15, -0.1) is 0 Å². The van der Waals surface area contributed by atoms with Gasteiger partial charge >= 0.3 is 0 Å². The smallest absolute Gasteiger partial charge is 0.251 e. The second-order valence-electron chi connectivity index (χ2n) is 9.40. The number of aromatic nitrogens is 4. The normalized spacial score (nSPS) is 13.8. The molecule has 3 aromatic heterocycles. The summed E-state index contributed by atoms with van der Waals surface area (Å²) in [5, 5.41) is 11.7. The maximum Gasteiger partial charge on any atom is 0.251 e. The molecule has 0 radical (unpaired) electrons. The van der Waals surface area contributed by atoms with Crippen LogP contribution in [-0.2, 0) is 0 Å². The van der Waals surface area contributed by atoms with Gasteiger partial charge in [-0.1, -0.05) is 11.2 Å². The van der Waals surface area contributed by atoms with Crippen molar-refractivity contribution in [2.45, 2.75) is 38.7 Å². The summed E-state index contributed by atoms with van der Waals surface area (Å²) in [4.78, 5) is 24.9. The Balaban J connectivity index is 1.42. The molecule has 0 atom stereocenters. The number of fused-ring (bicyclic) bond motifs is 2. The van der Waals surface area contributed by atoms with Crippen LogP contribution in [0.25, 0.3) is 33.1 Å². The van der Waals surface area contributed by atoms with Gasteiger partial charge in [0, 0.05) is 29.8 Å². The summed E-state index contributed by atoms with van der Waals surface area (Å²) in [5.41, 5.74) is 5.21. The molecule has 1 saturated carbocycles. The van der Waals surface area contributed by atoms with Crippen molar-refractivity contribution in [2.24, 2.45) is 0 Å². The highest BCUT2D eigenvalue weighted by Crippen LogP contribution is 2.38. The number of rotatable bonds is 7. The number of methoxy groups -OCH3 is 1. The Hall–Kier alpha value is -4.60. The fourth-order valence-corrected chi connectivity index (χ4v) is 4.96. The van der Waals surface area contributed by atoms with Gasteiger partial charge in [-0.3, -0.25) is 4.79 Å². The zero-order valence-corrected chi connectivity index (χ0v) is 21.4. The number of hydrogen-bond donors (Lipinski definition) is 3. The van der Waals surface area contributed by atoms with Crippen molar-refractivity contribution in [3.63, 3.8) is 0 Å². The first kappa shape index (κ1) is 23.8. The molecule has 10 heteroatoms. The number of anilines is 2. The lowest BCUT2D eigenvalue weighted by Gasteiger charge is -2.16. The number of benzene rings is 2. The maximum atomic E-state index is 12.1. The predicted molar refractivity (Wildman–Crippen MR) is 144 cm³/mol. The second-order valence-corrected chi connectivity index (χ2v) is 9.40. The van der Waals surface area contributed by atoms with Crippen molar-refractivity contribution in [3.8, 4) is 22.8 Å². The first-order valence-corrected chi connectivity index (χ1v) is 12.6. The first-order valence-electron chi connectivity index (χ1n) is 12.6. The minimum Gasteiger partial charge on any atom is -0.495 e. The van der Waals surface area contributed by atoms with Crippen LogP contribution in [0.3, 0.4) is 0 Å². The van der Waals surface area contributed by atoms with Crippen molar-refractivity contribution >= 4 is 39.5 Å². The zero-order chi connectivity index (χ0) is 26.2. The molecule has 0 saturated heterocycles. The number of nitrogens with one attached hydrogen (secondary N) is 3. The molecule has 3 heterocycles. The molecule has 10 nitrogen and oxygen atoms in total. The number of nitrogens with zero attached hydrogens (tertiary/aromatic N) is 3. The van der Waals surface area contributed by atoms with E-state index >= 15 is 0 Å². The minimum absolute atomic E-state index is 0.101. The number of carbonyl (C=O) groups excluding carboxylic acids is 1. The van der Waals surface area contributed by atoms with Gasteiger partial charge in [0.1, 0.15) is 17.5 Å². The van der Waals surface area contributed by atoms with Crippen molar-refractivity contribution in [3.05, 3.63) is 53.9 Å². The molecule has 0 aliphatic heterocycles. The zero-order valence-electron chi connectivity index (χ0n) is 21.4. The molecule has 1 aliphatic rings.